The maximum absolute atomic E-state index is 12.1. The number of nitrogens with zero attached hydrogens (tertiary/aromatic N) is 1. The molecule has 8 heteroatoms. The normalized spacial score (nSPS) is 10.9. The minimum atomic E-state index is -2.86. The molecule has 0 saturated carbocycles. The molecule has 0 bridgehead atoms. The standard InChI is InChI=1S/C20H17ClF2N2O3/c21-16-4-2-1-3-15(16)17-12-25-19(28-17)10-9-18(26)24-11-13-5-7-14(8-6-13)27-20(22)23/h1-8,12,20H,9-11H2,(H,24,26). The Bertz CT molecular complexity index is 929. The summed E-state index contributed by atoms with van der Waals surface area (Å²) in [6, 6.07) is 13.3. The van der Waals surface area contributed by atoms with Gasteiger partial charge in [0.2, 0.25) is 5.91 Å². The van der Waals surface area contributed by atoms with E-state index in [1.165, 1.54) is 12.1 Å². The molecule has 0 aliphatic carbocycles. The predicted molar refractivity (Wildman–Crippen MR) is 100 cm³/mol. The summed E-state index contributed by atoms with van der Waals surface area (Å²) >= 11 is 6.13. The summed E-state index contributed by atoms with van der Waals surface area (Å²) in [6.07, 6.45) is 2.13. The molecule has 0 saturated heterocycles. The zero-order chi connectivity index (χ0) is 19.9. The third-order valence-corrected chi connectivity index (χ3v) is 4.23. The number of rotatable bonds is 8. The van der Waals surface area contributed by atoms with E-state index in [0.29, 0.717) is 23.1 Å². The van der Waals surface area contributed by atoms with Crippen LogP contribution in [-0.2, 0) is 17.8 Å². The Morgan fingerprint density at radius 1 is 1.18 bits per heavy atom. The first-order chi connectivity index (χ1) is 13.5. The largest absolute Gasteiger partial charge is 0.441 e. The number of carbonyl (C=O) groups excluding carboxylic acids is 1. The first-order valence-corrected chi connectivity index (χ1v) is 8.89. The number of aryl methyl sites for hydroxylation is 1. The van der Waals surface area contributed by atoms with Gasteiger partial charge in [-0.1, -0.05) is 35.9 Å². The van der Waals surface area contributed by atoms with Gasteiger partial charge < -0.3 is 14.5 Å². The number of halogens is 3. The lowest BCUT2D eigenvalue weighted by molar-refractivity contribution is -0.121. The summed E-state index contributed by atoms with van der Waals surface area (Å²) < 4.78 is 34.2. The molecule has 28 heavy (non-hydrogen) atoms. The van der Waals surface area contributed by atoms with Crippen LogP contribution in [0.5, 0.6) is 5.75 Å². The molecule has 1 N–H and O–H groups in total. The zero-order valence-electron chi connectivity index (χ0n) is 14.7. The van der Waals surface area contributed by atoms with Crippen LogP contribution in [0, 0.1) is 0 Å². The van der Waals surface area contributed by atoms with Gasteiger partial charge in [-0.2, -0.15) is 8.78 Å². The van der Waals surface area contributed by atoms with Crippen LogP contribution in [-0.4, -0.2) is 17.5 Å². The van der Waals surface area contributed by atoms with Gasteiger partial charge in [-0.3, -0.25) is 4.79 Å². The second kappa shape index (κ2) is 9.32. The minimum absolute atomic E-state index is 0.0725. The number of alkyl halides is 2. The molecule has 1 heterocycles. The van der Waals surface area contributed by atoms with Gasteiger partial charge in [0.15, 0.2) is 11.7 Å². The average Bonchev–Trinajstić information content (AvgIpc) is 3.14. The Morgan fingerprint density at radius 2 is 1.93 bits per heavy atom. The van der Waals surface area contributed by atoms with E-state index in [0.717, 1.165) is 11.1 Å². The molecule has 0 radical (unpaired) electrons. The Labute approximate surface area is 165 Å². The van der Waals surface area contributed by atoms with Crippen LogP contribution in [0.3, 0.4) is 0 Å². The van der Waals surface area contributed by atoms with Crippen molar-refractivity contribution in [1.82, 2.24) is 10.3 Å². The van der Waals surface area contributed by atoms with Gasteiger partial charge in [-0.05, 0) is 29.8 Å². The molecule has 0 aliphatic heterocycles. The molecule has 0 aliphatic rings. The number of benzene rings is 2. The van der Waals surface area contributed by atoms with Crippen LogP contribution in [0.25, 0.3) is 11.3 Å². The van der Waals surface area contributed by atoms with E-state index < -0.39 is 6.61 Å². The number of aromatic nitrogens is 1. The highest BCUT2D eigenvalue weighted by molar-refractivity contribution is 6.33. The fraction of sp³-hybridized carbons (Fsp3) is 0.200. The number of nitrogens with one attached hydrogen (secondary N) is 1. The summed E-state index contributed by atoms with van der Waals surface area (Å²) in [5, 5.41) is 3.32. The van der Waals surface area contributed by atoms with E-state index in [1.807, 2.05) is 18.2 Å². The van der Waals surface area contributed by atoms with Crippen LogP contribution < -0.4 is 10.1 Å². The fourth-order valence-corrected chi connectivity index (χ4v) is 2.74. The van der Waals surface area contributed by atoms with Crippen molar-refractivity contribution in [2.24, 2.45) is 0 Å². The molecule has 0 fully saturated rings. The molecule has 3 rings (SSSR count). The molecule has 0 unspecified atom stereocenters. The molecule has 146 valence electrons. The summed E-state index contributed by atoms with van der Waals surface area (Å²) in [5.74, 6) is 0.888. The molecule has 0 atom stereocenters. The third-order valence-electron chi connectivity index (χ3n) is 3.90. The van der Waals surface area contributed by atoms with Gasteiger partial charge in [0.25, 0.3) is 0 Å². The number of amides is 1. The number of hydrogen-bond donors (Lipinski definition) is 1. The molecule has 1 aromatic heterocycles. The Kier molecular flexibility index (Phi) is 6.60. The lowest BCUT2D eigenvalue weighted by Crippen LogP contribution is -2.23. The second-order valence-electron chi connectivity index (χ2n) is 5.90. The maximum Gasteiger partial charge on any atom is 0.387 e. The van der Waals surface area contributed by atoms with E-state index in [-0.39, 0.29) is 24.6 Å². The number of carbonyl (C=O) groups is 1. The van der Waals surface area contributed by atoms with Crippen molar-refractivity contribution in [3.63, 3.8) is 0 Å². The number of ether oxygens (including phenoxy) is 1. The number of hydrogen-bond acceptors (Lipinski definition) is 4. The number of oxazole rings is 1. The highest BCUT2D eigenvalue weighted by Gasteiger charge is 2.11. The van der Waals surface area contributed by atoms with Crippen LogP contribution in [0.2, 0.25) is 5.02 Å². The Balaban J connectivity index is 1.46. The predicted octanol–water partition coefficient (Wildman–Crippen LogP) is 4.85. The van der Waals surface area contributed by atoms with Crippen molar-refractivity contribution in [3.05, 3.63) is 71.2 Å². The van der Waals surface area contributed by atoms with E-state index >= 15 is 0 Å². The molecular formula is C20H17ClF2N2O3. The summed E-state index contributed by atoms with van der Waals surface area (Å²) in [5.41, 5.74) is 1.51. The van der Waals surface area contributed by atoms with Gasteiger partial charge in [0, 0.05) is 24.9 Å². The first kappa shape index (κ1) is 19.8. The summed E-state index contributed by atoms with van der Waals surface area (Å²) in [6.45, 7) is -2.58. The molecule has 3 aromatic rings. The SMILES string of the molecule is O=C(CCc1ncc(-c2ccccc2Cl)o1)NCc1ccc(OC(F)F)cc1. The molecule has 2 aromatic carbocycles. The molecular weight excluding hydrogens is 390 g/mol. The Hall–Kier alpha value is -2.93. The minimum Gasteiger partial charge on any atom is -0.441 e. The van der Waals surface area contributed by atoms with Gasteiger partial charge in [-0.15, -0.1) is 0 Å². The van der Waals surface area contributed by atoms with Crippen molar-refractivity contribution in [3.8, 4) is 17.1 Å². The maximum atomic E-state index is 12.1. The van der Waals surface area contributed by atoms with Gasteiger partial charge in [0.1, 0.15) is 5.75 Å². The average molecular weight is 407 g/mol. The Morgan fingerprint density at radius 3 is 2.64 bits per heavy atom. The van der Waals surface area contributed by atoms with E-state index in [1.54, 1.807) is 24.4 Å². The van der Waals surface area contributed by atoms with Gasteiger partial charge in [0.05, 0.1) is 11.2 Å². The summed E-state index contributed by atoms with van der Waals surface area (Å²) in [4.78, 5) is 16.2. The molecule has 0 spiro atoms. The smallest absolute Gasteiger partial charge is 0.387 e. The van der Waals surface area contributed by atoms with Crippen LogP contribution in [0.15, 0.2) is 59.1 Å². The van der Waals surface area contributed by atoms with Gasteiger partial charge >= 0.3 is 6.61 Å². The van der Waals surface area contributed by atoms with Crippen molar-refractivity contribution in [2.75, 3.05) is 0 Å². The highest BCUT2D eigenvalue weighted by Crippen LogP contribution is 2.28. The third kappa shape index (κ3) is 5.53. The topological polar surface area (TPSA) is 64.4 Å². The van der Waals surface area contributed by atoms with Crippen molar-refractivity contribution >= 4 is 17.5 Å². The van der Waals surface area contributed by atoms with Crippen molar-refractivity contribution < 1.29 is 22.7 Å². The quantitative estimate of drug-likeness (QED) is 0.581. The monoisotopic (exact) mass is 406 g/mol. The summed E-state index contributed by atoms with van der Waals surface area (Å²) in [7, 11) is 0. The lowest BCUT2D eigenvalue weighted by atomic mass is 10.2. The second-order valence-corrected chi connectivity index (χ2v) is 6.30. The zero-order valence-corrected chi connectivity index (χ0v) is 15.5. The highest BCUT2D eigenvalue weighted by atomic mass is 35.5. The lowest BCUT2D eigenvalue weighted by Gasteiger charge is -2.07. The van der Waals surface area contributed by atoms with Crippen LogP contribution >= 0.6 is 11.6 Å². The van der Waals surface area contributed by atoms with E-state index in [2.05, 4.69) is 15.0 Å². The van der Waals surface area contributed by atoms with Crippen molar-refractivity contribution in [1.29, 1.82) is 0 Å². The van der Waals surface area contributed by atoms with Crippen LogP contribution in [0.1, 0.15) is 17.9 Å². The molecule has 5 nitrogen and oxygen atoms in total. The molecule has 1 amide bonds. The van der Waals surface area contributed by atoms with Crippen molar-refractivity contribution in [2.45, 2.75) is 26.0 Å². The van der Waals surface area contributed by atoms with E-state index in [4.69, 9.17) is 16.0 Å². The van der Waals surface area contributed by atoms with Crippen LogP contribution in [0.4, 0.5) is 8.78 Å². The van der Waals surface area contributed by atoms with E-state index in [9.17, 15) is 13.6 Å². The first-order valence-electron chi connectivity index (χ1n) is 8.51. The fourth-order valence-electron chi connectivity index (χ4n) is 2.51. The van der Waals surface area contributed by atoms with Gasteiger partial charge in [-0.25, -0.2) is 4.98 Å².